The largest absolute Gasteiger partial charge is 0.456 e. The summed E-state index contributed by atoms with van der Waals surface area (Å²) in [6, 6.07) is 126. The van der Waals surface area contributed by atoms with E-state index in [1.54, 1.807) is 0 Å². The molecule has 536 valence electrons. The minimum absolute atomic E-state index is 0.443. The second-order valence-electron chi connectivity index (χ2n) is 33.8. The zero-order valence-electron chi connectivity index (χ0n) is 63.3. The number of para-hydroxylation sites is 4. The quantitative estimate of drug-likeness (QED) is 0.172. The van der Waals surface area contributed by atoms with E-state index in [0.29, 0.717) is 0 Å². The standard InChI is InChI=1S/C110H67NO4/c1-107(2)86-53-62(44-48-72(86)99-91(107)56-77(60-24-6-5-7-25-60)105-103(99)75-32-14-22-40-95(75)114-105)111(63-45-49-73-87(54-63)108(3,4)92-57-78(106-104(100(73)92)76-33-15-23-41-96(76)115-106)61-42-46-71-70-30-12-20-38-93(70)113-98(71)52-61)64-43-47-69-79-58-90-80(59-89(79)110(88(69)55-64)83-36-18-10-28-67(83)68-29-11-19-37-84(68)110)101-85(50-51-97-102(101)74-31-13-21-39-94(74)112-97)109(90)81-34-16-8-26-65(81)66-27-9-17-35-82(66)109/h5-59H,1-4H3. The number of benzene rings is 17. The maximum Gasteiger partial charge on any atom is 0.143 e. The van der Waals surface area contributed by atoms with Crippen LogP contribution in [0.25, 0.3) is 177 Å². The zero-order chi connectivity index (χ0) is 75.4. The summed E-state index contributed by atoms with van der Waals surface area (Å²) in [5.41, 5.74) is 42.5. The van der Waals surface area contributed by atoms with Crippen LogP contribution in [0.4, 0.5) is 17.1 Å². The molecule has 0 N–H and O–H groups in total. The van der Waals surface area contributed by atoms with Crippen LogP contribution in [0.15, 0.2) is 351 Å². The molecule has 2 spiro atoms. The predicted molar refractivity (Wildman–Crippen MR) is 469 cm³/mol. The third kappa shape index (κ3) is 7.57. The van der Waals surface area contributed by atoms with Crippen LogP contribution in [0.2, 0.25) is 0 Å². The summed E-state index contributed by atoms with van der Waals surface area (Å²) in [7, 11) is 0. The van der Waals surface area contributed by atoms with Crippen LogP contribution in [0, 0.1) is 0 Å². The molecule has 5 heteroatoms. The Morgan fingerprint density at radius 3 is 1.12 bits per heavy atom. The molecule has 27 rings (SSSR count). The number of fused-ring (bicyclic) bond motifs is 41. The molecule has 0 atom stereocenters. The second kappa shape index (κ2) is 21.5. The molecule has 0 saturated carbocycles. The van der Waals surface area contributed by atoms with Crippen molar-refractivity contribution in [3.8, 4) is 89.0 Å². The van der Waals surface area contributed by atoms with Crippen molar-refractivity contribution in [3.63, 3.8) is 0 Å². The maximum atomic E-state index is 7.16. The molecule has 6 aliphatic carbocycles. The first-order valence-corrected chi connectivity index (χ1v) is 40.3. The lowest BCUT2D eigenvalue weighted by molar-refractivity contribution is 0.657. The third-order valence-electron chi connectivity index (χ3n) is 27.9. The lowest BCUT2D eigenvalue weighted by Gasteiger charge is -2.33. The lowest BCUT2D eigenvalue weighted by atomic mass is 9.68. The lowest BCUT2D eigenvalue weighted by Crippen LogP contribution is -2.27. The smallest absolute Gasteiger partial charge is 0.143 e. The molecule has 0 bridgehead atoms. The van der Waals surface area contributed by atoms with Crippen LogP contribution in [-0.4, -0.2) is 0 Å². The topological polar surface area (TPSA) is 55.8 Å². The molecule has 6 aliphatic rings. The number of anilines is 3. The van der Waals surface area contributed by atoms with Crippen molar-refractivity contribution in [1.29, 1.82) is 0 Å². The van der Waals surface area contributed by atoms with Crippen molar-refractivity contribution in [2.75, 3.05) is 4.90 Å². The van der Waals surface area contributed by atoms with Crippen molar-refractivity contribution >= 4 is 105 Å². The van der Waals surface area contributed by atoms with E-state index in [9.17, 15) is 0 Å². The Balaban J connectivity index is 0.718. The van der Waals surface area contributed by atoms with Gasteiger partial charge in [-0.2, -0.15) is 0 Å². The van der Waals surface area contributed by atoms with Gasteiger partial charge < -0.3 is 22.6 Å². The van der Waals surface area contributed by atoms with E-state index in [1.807, 2.05) is 6.07 Å². The summed E-state index contributed by atoms with van der Waals surface area (Å²) in [6.07, 6.45) is 0. The molecule has 5 nitrogen and oxygen atoms in total. The van der Waals surface area contributed by atoms with E-state index in [2.05, 4.69) is 360 Å². The van der Waals surface area contributed by atoms with Gasteiger partial charge in [0.05, 0.1) is 10.8 Å². The Morgan fingerprint density at radius 1 is 0.200 bits per heavy atom. The van der Waals surface area contributed by atoms with Gasteiger partial charge >= 0.3 is 0 Å². The number of rotatable bonds is 5. The Hall–Kier alpha value is -14.3. The van der Waals surface area contributed by atoms with Crippen molar-refractivity contribution < 1.29 is 17.7 Å². The molecule has 4 aromatic heterocycles. The van der Waals surface area contributed by atoms with E-state index >= 15 is 0 Å². The highest BCUT2D eigenvalue weighted by Crippen LogP contribution is 2.70. The zero-order valence-corrected chi connectivity index (χ0v) is 63.3. The Kier molecular flexibility index (Phi) is 11.7. The fraction of sp³-hybridized carbons (Fsp3) is 0.0727. The van der Waals surface area contributed by atoms with Crippen molar-refractivity contribution in [2.24, 2.45) is 0 Å². The highest BCUT2D eigenvalue weighted by molar-refractivity contribution is 6.22. The van der Waals surface area contributed by atoms with Crippen molar-refractivity contribution in [2.45, 2.75) is 49.4 Å². The fourth-order valence-corrected chi connectivity index (χ4v) is 23.0. The molecule has 0 amide bonds. The molecular formula is C110H67NO4. The molecular weight excluding hydrogens is 1400 g/mol. The van der Waals surface area contributed by atoms with Gasteiger partial charge in [0.1, 0.15) is 44.7 Å². The number of furan rings is 4. The van der Waals surface area contributed by atoms with Crippen LogP contribution in [0.3, 0.4) is 0 Å². The Labute approximate surface area is 661 Å². The van der Waals surface area contributed by atoms with E-state index in [1.165, 1.54) is 134 Å². The number of hydrogen-bond donors (Lipinski definition) is 0. The van der Waals surface area contributed by atoms with E-state index in [4.69, 9.17) is 17.7 Å². The van der Waals surface area contributed by atoms with Crippen LogP contribution < -0.4 is 4.90 Å². The van der Waals surface area contributed by atoms with Crippen molar-refractivity contribution in [1.82, 2.24) is 0 Å². The second-order valence-corrected chi connectivity index (χ2v) is 33.8. The molecule has 115 heavy (non-hydrogen) atoms. The van der Waals surface area contributed by atoms with Gasteiger partial charge in [-0.05, 0) is 248 Å². The minimum Gasteiger partial charge on any atom is -0.456 e. The maximum absolute atomic E-state index is 7.16. The van der Waals surface area contributed by atoms with Crippen molar-refractivity contribution in [3.05, 3.63) is 400 Å². The summed E-state index contributed by atoms with van der Waals surface area (Å²) in [6.45, 7) is 9.72. The first kappa shape index (κ1) is 62.4. The summed E-state index contributed by atoms with van der Waals surface area (Å²) in [4.78, 5) is 2.59. The average molecular weight is 1470 g/mol. The fourth-order valence-electron chi connectivity index (χ4n) is 23.0. The van der Waals surface area contributed by atoms with Crippen LogP contribution in [0.1, 0.15) is 94.5 Å². The molecule has 0 radical (unpaired) electrons. The molecule has 4 heterocycles. The van der Waals surface area contributed by atoms with E-state index < -0.39 is 21.7 Å². The van der Waals surface area contributed by atoms with Gasteiger partial charge in [-0.3, -0.25) is 0 Å². The van der Waals surface area contributed by atoms with E-state index in [0.717, 1.165) is 127 Å². The summed E-state index contributed by atoms with van der Waals surface area (Å²) in [5, 5.41) is 9.00. The van der Waals surface area contributed by atoms with Gasteiger partial charge in [-0.1, -0.05) is 258 Å². The van der Waals surface area contributed by atoms with Gasteiger partial charge in [-0.25, -0.2) is 0 Å². The highest BCUT2D eigenvalue weighted by Gasteiger charge is 2.57. The van der Waals surface area contributed by atoms with Gasteiger partial charge in [0.15, 0.2) is 0 Å². The average Bonchev–Trinajstić information content (AvgIpc) is 1.48. The van der Waals surface area contributed by atoms with Crippen LogP contribution >= 0.6 is 0 Å². The number of hydrogen-bond acceptors (Lipinski definition) is 5. The third-order valence-corrected chi connectivity index (χ3v) is 27.9. The summed E-state index contributed by atoms with van der Waals surface area (Å²) >= 11 is 0. The molecule has 21 aromatic rings. The monoisotopic (exact) mass is 1470 g/mol. The SMILES string of the molecule is CC1(C)c2cc(N(c3ccc4c(c3)C(C)(C)c3cc(-c5ccc6c(c5)oc5ccccc56)c5oc6ccccc6c5c3-4)c3ccc4c(c3)C3(c5ccccc5-c5ccccc53)c3cc5c(cc3-4)C3(c4ccccc4-c4ccccc43)c3ccc4oc6ccccc6c4c3-5)ccc2-c2c1cc(-c1ccccc1)c1oc3ccccc3c21. The van der Waals surface area contributed by atoms with Gasteiger partial charge in [0.25, 0.3) is 0 Å². The predicted octanol–water partition coefficient (Wildman–Crippen LogP) is 29.4. The minimum atomic E-state index is -0.758. The van der Waals surface area contributed by atoms with Gasteiger partial charge in [-0.15, -0.1) is 0 Å². The van der Waals surface area contributed by atoms with Crippen LogP contribution in [-0.2, 0) is 21.7 Å². The molecule has 17 aromatic carbocycles. The molecule has 0 unspecified atom stereocenters. The normalized spacial score (nSPS) is 15.1. The first-order valence-electron chi connectivity index (χ1n) is 40.3. The Morgan fingerprint density at radius 2 is 0.574 bits per heavy atom. The number of nitrogens with zero attached hydrogens (tertiary/aromatic N) is 1. The Bertz CT molecular complexity index is 7970. The van der Waals surface area contributed by atoms with E-state index in [-0.39, 0.29) is 0 Å². The van der Waals surface area contributed by atoms with Crippen LogP contribution in [0.5, 0.6) is 0 Å². The summed E-state index contributed by atoms with van der Waals surface area (Å²) < 4.78 is 27.8. The van der Waals surface area contributed by atoms with Gasteiger partial charge in [0.2, 0.25) is 0 Å². The van der Waals surface area contributed by atoms with Gasteiger partial charge in [0, 0.05) is 82.1 Å². The molecule has 0 aliphatic heterocycles. The summed E-state index contributed by atoms with van der Waals surface area (Å²) in [5.74, 6) is 0. The molecule has 0 saturated heterocycles. The highest BCUT2D eigenvalue weighted by atomic mass is 16.3. The first-order chi connectivity index (χ1) is 56.5. The molecule has 0 fully saturated rings.